The first-order valence-corrected chi connectivity index (χ1v) is 11.1. The fourth-order valence-corrected chi connectivity index (χ4v) is 4.79. The molecule has 3 N–H and O–H groups in total. The number of aliphatic carboxylic acids is 1. The molecule has 2 aliphatic carbocycles. The number of amides is 2. The van der Waals surface area contributed by atoms with Crippen molar-refractivity contribution in [1.82, 2.24) is 10.6 Å². The Morgan fingerprint density at radius 2 is 1.59 bits per heavy atom. The van der Waals surface area contributed by atoms with Crippen molar-refractivity contribution in [3.63, 3.8) is 0 Å². The van der Waals surface area contributed by atoms with E-state index in [-0.39, 0.29) is 12.5 Å². The molecule has 0 radical (unpaired) electrons. The Labute approximate surface area is 187 Å². The van der Waals surface area contributed by atoms with Gasteiger partial charge in [-0.15, -0.1) is 0 Å². The van der Waals surface area contributed by atoms with Crippen molar-refractivity contribution in [1.29, 1.82) is 0 Å². The number of carbonyl (C=O) groups excluding carboxylic acids is 2. The molecule has 0 saturated heterocycles. The second-order valence-corrected chi connectivity index (χ2v) is 8.54. The maximum absolute atomic E-state index is 12.5. The van der Waals surface area contributed by atoms with Crippen molar-refractivity contribution in [3.8, 4) is 11.1 Å². The molecule has 1 saturated carbocycles. The molecule has 2 amide bonds. The Kier molecular flexibility index (Phi) is 6.44. The standard InChI is InChI=1S/C25H28N2O5/c1-15(23(28)27-22-13-7-6-12-20(22)24(29)30)26-25(31)32-14-21-18-10-4-2-8-16(18)17-9-3-5-11-19(17)21/h2-5,8-11,15,20-22H,6-7,12-14H2,1H3,(H,26,31)(H,27,28)(H,29,30)/t15?,20-,22+/m0/s1. The van der Waals surface area contributed by atoms with Gasteiger partial charge in [-0.3, -0.25) is 9.59 Å². The zero-order valence-electron chi connectivity index (χ0n) is 18.0. The van der Waals surface area contributed by atoms with Gasteiger partial charge in [-0.2, -0.15) is 0 Å². The van der Waals surface area contributed by atoms with E-state index >= 15 is 0 Å². The van der Waals surface area contributed by atoms with Crippen LogP contribution in [0.3, 0.4) is 0 Å². The van der Waals surface area contributed by atoms with Crippen LogP contribution in [0.25, 0.3) is 11.1 Å². The lowest BCUT2D eigenvalue weighted by Gasteiger charge is -2.30. The van der Waals surface area contributed by atoms with Gasteiger partial charge in [0.1, 0.15) is 12.6 Å². The first-order valence-electron chi connectivity index (χ1n) is 11.1. The van der Waals surface area contributed by atoms with Gasteiger partial charge in [-0.05, 0) is 42.0 Å². The number of nitrogens with one attached hydrogen (secondary N) is 2. The third kappa shape index (κ3) is 4.47. The number of benzene rings is 2. The summed E-state index contributed by atoms with van der Waals surface area (Å²) >= 11 is 0. The maximum atomic E-state index is 12.5. The van der Waals surface area contributed by atoms with Crippen LogP contribution in [-0.2, 0) is 14.3 Å². The summed E-state index contributed by atoms with van der Waals surface area (Å²) in [4.78, 5) is 36.4. The molecule has 2 aromatic rings. The minimum Gasteiger partial charge on any atom is -0.481 e. The molecule has 0 aliphatic heterocycles. The summed E-state index contributed by atoms with van der Waals surface area (Å²) in [6.45, 7) is 1.73. The van der Waals surface area contributed by atoms with E-state index in [2.05, 4.69) is 22.8 Å². The fraction of sp³-hybridized carbons (Fsp3) is 0.400. The summed E-state index contributed by atoms with van der Waals surface area (Å²) in [5.74, 6) is -1.95. The molecule has 7 nitrogen and oxygen atoms in total. The van der Waals surface area contributed by atoms with Crippen LogP contribution in [0.1, 0.15) is 49.7 Å². The van der Waals surface area contributed by atoms with Crippen LogP contribution in [0.5, 0.6) is 0 Å². The highest BCUT2D eigenvalue weighted by molar-refractivity contribution is 5.86. The number of hydrogen-bond donors (Lipinski definition) is 3. The third-order valence-electron chi connectivity index (χ3n) is 6.48. The smallest absolute Gasteiger partial charge is 0.407 e. The van der Waals surface area contributed by atoms with Crippen molar-refractivity contribution < 1.29 is 24.2 Å². The minimum atomic E-state index is -0.896. The molecule has 0 heterocycles. The summed E-state index contributed by atoms with van der Waals surface area (Å²) in [5.41, 5.74) is 4.52. The molecule has 0 aromatic heterocycles. The molecule has 3 atom stereocenters. The molecule has 1 unspecified atom stereocenters. The van der Waals surface area contributed by atoms with Crippen LogP contribution in [0.15, 0.2) is 48.5 Å². The topological polar surface area (TPSA) is 105 Å². The molecule has 4 rings (SSSR count). The van der Waals surface area contributed by atoms with E-state index in [0.29, 0.717) is 12.8 Å². The van der Waals surface area contributed by atoms with Crippen molar-refractivity contribution in [2.75, 3.05) is 6.61 Å². The largest absolute Gasteiger partial charge is 0.481 e. The van der Waals surface area contributed by atoms with E-state index in [4.69, 9.17) is 4.74 Å². The molecule has 0 spiro atoms. The lowest BCUT2D eigenvalue weighted by molar-refractivity contribution is -0.144. The van der Waals surface area contributed by atoms with Gasteiger partial charge in [0.2, 0.25) is 5.91 Å². The zero-order chi connectivity index (χ0) is 22.7. The molecule has 32 heavy (non-hydrogen) atoms. The normalized spacial score (nSPS) is 20.5. The Bertz CT molecular complexity index is 975. The number of carbonyl (C=O) groups is 3. The molecular weight excluding hydrogens is 408 g/mol. The quantitative estimate of drug-likeness (QED) is 0.641. The highest BCUT2D eigenvalue weighted by Crippen LogP contribution is 2.44. The van der Waals surface area contributed by atoms with E-state index in [1.54, 1.807) is 6.92 Å². The van der Waals surface area contributed by atoms with Crippen molar-refractivity contribution in [2.45, 2.75) is 50.6 Å². The molecule has 7 heteroatoms. The van der Waals surface area contributed by atoms with Gasteiger partial charge in [0, 0.05) is 12.0 Å². The Hall–Kier alpha value is -3.35. The highest BCUT2D eigenvalue weighted by atomic mass is 16.5. The maximum Gasteiger partial charge on any atom is 0.407 e. The van der Waals surface area contributed by atoms with Gasteiger partial charge >= 0.3 is 12.1 Å². The zero-order valence-corrected chi connectivity index (χ0v) is 18.0. The van der Waals surface area contributed by atoms with Gasteiger partial charge in [0.25, 0.3) is 0 Å². The van der Waals surface area contributed by atoms with Crippen LogP contribution in [0.4, 0.5) is 4.79 Å². The summed E-state index contributed by atoms with van der Waals surface area (Å²) in [5, 5.41) is 14.7. The fourth-order valence-electron chi connectivity index (χ4n) is 4.79. The first kappa shape index (κ1) is 21.9. The van der Waals surface area contributed by atoms with E-state index in [1.807, 2.05) is 36.4 Å². The number of alkyl carbamates (subject to hydrolysis) is 1. The minimum absolute atomic E-state index is 0.0594. The molecule has 168 valence electrons. The number of ether oxygens (including phenoxy) is 1. The number of carboxylic acid groups (broad SMARTS) is 1. The molecule has 1 fully saturated rings. The molecule has 0 bridgehead atoms. The third-order valence-corrected chi connectivity index (χ3v) is 6.48. The van der Waals surface area contributed by atoms with Crippen LogP contribution in [0.2, 0.25) is 0 Å². The van der Waals surface area contributed by atoms with Crippen molar-refractivity contribution >= 4 is 18.0 Å². The van der Waals surface area contributed by atoms with Gasteiger partial charge in [-0.25, -0.2) is 4.79 Å². The predicted octanol–water partition coefficient (Wildman–Crippen LogP) is 3.67. The monoisotopic (exact) mass is 436 g/mol. The van der Waals surface area contributed by atoms with Crippen molar-refractivity contribution in [2.24, 2.45) is 5.92 Å². The Morgan fingerprint density at radius 1 is 1.00 bits per heavy atom. The van der Waals surface area contributed by atoms with Gasteiger partial charge in [0.15, 0.2) is 0 Å². The lowest BCUT2D eigenvalue weighted by atomic mass is 9.84. The van der Waals surface area contributed by atoms with Gasteiger partial charge in [-0.1, -0.05) is 61.4 Å². The summed E-state index contributed by atoms with van der Waals surface area (Å²) in [6.07, 6.45) is 2.22. The molecule has 2 aliphatic rings. The van der Waals surface area contributed by atoms with E-state index in [9.17, 15) is 19.5 Å². The van der Waals surface area contributed by atoms with Crippen LogP contribution in [-0.4, -0.2) is 41.8 Å². The van der Waals surface area contributed by atoms with Gasteiger partial charge in [0.05, 0.1) is 5.92 Å². The average Bonchev–Trinajstić information content (AvgIpc) is 3.11. The summed E-state index contributed by atoms with van der Waals surface area (Å²) < 4.78 is 5.49. The Balaban J connectivity index is 1.33. The summed E-state index contributed by atoms with van der Waals surface area (Å²) in [6, 6.07) is 14.9. The van der Waals surface area contributed by atoms with Crippen LogP contribution in [0, 0.1) is 5.92 Å². The molecule has 2 aromatic carbocycles. The SMILES string of the molecule is CC(NC(=O)OCC1c2ccccc2-c2ccccc21)C(=O)N[C@@H]1CCCC[C@@H]1C(=O)O. The second kappa shape index (κ2) is 9.42. The highest BCUT2D eigenvalue weighted by Gasteiger charge is 2.33. The van der Waals surface area contributed by atoms with Crippen LogP contribution < -0.4 is 10.6 Å². The number of hydrogen-bond acceptors (Lipinski definition) is 4. The summed E-state index contributed by atoms with van der Waals surface area (Å²) in [7, 11) is 0. The predicted molar refractivity (Wildman–Crippen MR) is 119 cm³/mol. The van der Waals surface area contributed by atoms with E-state index < -0.39 is 36.0 Å². The first-order chi connectivity index (χ1) is 15.5. The van der Waals surface area contributed by atoms with E-state index in [0.717, 1.165) is 35.1 Å². The average molecular weight is 437 g/mol. The number of fused-ring (bicyclic) bond motifs is 3. The Morgan fingerprint density at radius 3 is 2.22 bits per heavy atom. The molecular formula is C25H28N2O5. The van der Waals surface area contributed by atoms with Gasteiger partial charge < -0.3 is 20.5 Å². The second-order valence-electron chi connectivity index (χ2n) is 8.54. The number of rotatable bonds is 6. The number of carboxylic acids is 1. The van der Waals surface area contributed by atoms with Crippen LogP contribution >= 0.6 is 0 Å². The van der Waals surface area contributed by atoms with E-state index in [1.165, 1.54) is 0 Å². The van der Waals surface area contributed by atoms with Crippen molar-refractivity contribution in [3.05, 3.63) is 59.7 Å². The lowest BCUT2D eigenvalue weighted by Crippen LogP contribution is -2.52.